The van der Waals surface area contributed by atoms with Crippen molar-refractivity contribution in [2.75, 3.05) is 37.9 Å². The highest BCUT2D eigenvalue weighted by molar-refractivity contribution is 6.02. The summed E-state index contributed by atoms with van der Waals surface area (Å²) in [5.41, 5.74) is 8.03. The van der Waals surface area contributed by atoms with Gasteiger partial charge in [-0.05, 0) is 25.6 Å². The van der Waals surface area contributed by atoms with Gasteiger partial charge in [-0.2, -0.15) is 0 Å². The van der Waals surface area contributed by atoms with Crippen molar-refractivity contribution in [3.63, 3.8) is 0 Å². The Morgan fingerprint density at radius 3 is 2.90 bits per heavy atom. The fourth-order valence-electron chi connectivity index (χ4n) is 3.66. The van der Waals surface area contributed by atoms with Crippen LogP contribution in [0.3, 0.4) is 0 Å². The monoisotopic (exact) mass is 285 g/mol. The molecular formula is C15H19N5O. The number of methoxy groups -OCH3 is 1. The summed E-state index contributed by atoms with van der Waals surface area (Å²) in [4.78, 5) is 13.3. The molecule has 2 atom stereocenters. The Balaban J connectivity index is 1.87. The first-order chi connectivity index (χ1) is 10.2. The van der Waals surface area contributed by atoms with Gasteiger partial charge in [0.1, 0.15) is 17.9 Å². The number of hydrogen-bond acceptors (Lipinski definition) is 6. The van der Waals surface area contributed by atoms with Crippen molar-refractivity contribution in [1.29, 1.82) is 0 Å². The van der Waals surface area contributed by atoms with Gasteiger partial charge in [-0.15, -0.1) is 0 Å². The van der Waals surface area contributed by atoms with Crippen molar-refractivity contribution in [2.45, 2.75) is 18.5 Å². The summed E-state index contributed by atoms with van der Waals surface area (Å²) in [6.07, 6.45) is 2.69. The van der Waals surface area contributed by atoms with Gasteiger partial charge >= 0.3 is 0 Å². The molecule has 2 aromatic rings. The van der Waals surface area contributed by atoms with Gasteiger partial charge in [0.15, 0.2) is 0 Å². The average molecular weight is 285 g/mol. The molecule has 2 N–H and O–H groups in total. The van der Waals surface area contributed by atoms with E-state index in [4.69, 9.17) is 10.5 Å². The summed E-state index contributed by atoms with van der Waals surface area (Å²) in [6, 6.07) is 5.08. The number of likely N-dealkylation sites (N-methyl/N-ethyl adjacent to an activating group) is 1. The van der Waals surface area contributed by atoms with Gasteiger partial charge in [-0.3, -0.25) is 4.90 Å². The highest BCUT2D eigenvalue weighted by Gasteiger charge is 2.46. The van der Waals surface area contributed by atoms with E-state index in [-0.39, 0.29) is 0 Å². The average Bonchev–Trinajstić information content (AvgIpc) is 2.74. The largest absolute Gasteiger partial charge is 0.495 e. The number of fused-ring (bicyclic) bond motifs is 2. The highest BCUT2D eigenvalue weighted by atomic mass is 16.5. The Kier molecular flexibility index (Phi) is 2.68. The zero-order chi connectivity index (χ0) is 14.6. The van der Waals surface area contributed by atoms with Crippen LogP contribution in [-0.2, 0) is 0 Å². The SMILES string of the molecule is COc1ccc2ncnc(N)c2c1N1C[C@@H]2[C@H]1CCN2C. The standard InChI is InChI=1S/C15H19N5O/c1-19-6-5-10-11(19)7-20(10)14-12(21-2)4-3-9-13(14)15(16)18-8-17-9/h3-4,8,10-11H,5-7H2,1-2H3,(H2,16,17,18)/t10-,11-/m1/s1. The van der Waals surface area contributed by atoms with Gasteiger partial charge in [-0.1, -0.05) is 0 Å². The lowest BCUT2D eigenvalue weighted by Crippen LogP contribution is -2.61. The first-order valence-electron chi connectivity index (χ1n) is 7.24. The molecule has 0 amide bonds. The van der Waals surface area contributed by atoms with Crippen molar-refractivity contribution in [2.24, 2.45) is 0 Å². The van der Waals surface area contributed by atoms with Gasteiger partial charge in [0, 0.05) is 25.2 Å². The Morgan fingerprint density at radius 2 is 2.14 bits per heavy atom. The quantitative estimate of drug-likeness (QED) is 0.891. The van der Waals surface area contributed by atoms with E-state index in [0.29, 0.717) is 17.9 Å². The molecule has 0 unspecified atom stereocenters. The summed E-state index contributed by atoms with van der Waals surface area (Å²) in [6.45, 7) is 2.15. The van der Waals surface area contributed by atoms with Crippen molar-refractivity contribution >= 4 is 22.4 Å². The second-order valence-corrected chi connectivity index (χ2v) is 5.83. The van der Waals surface area contributed by atoms with Crippen LogP contribution in [0.4, 0.5) is 11.5 Å². The Hall–Kier alpha value is -2.08. The van der Waals surface area contributed by atoms with E-state index in [9.17, 15) is 0 Å². The van der Waals surface area contributed by atoms with Crippen LogP contribution in [0.25, 0.3) is 10.9 Å². The summed E-state index contributed by atoms with van der Waals surface area (Å²) in [5, 5.41) is 0.907. The van der Waals surface area contributed by atoms with Crippen LogP contribution >= 0.6 is 0 Å². The molecule has 2 saturated heterocycles. The van der Waals surface area contributed by atoms with Crippen LogP contribution in [-0.4, -0.2) is 54.2 Å². The molecule has 0 saturated carbocycles. The predicted octanol–water partition coefficient (Wildman–Crippen LogP) is 1.11. The lowest BCUT2D eigenvalue weighted by Gasteiger charge is -2.48. The van der Waals surface area contributed by atoms with Crippen LogP contribution in [0.2, 0.25) is 0 Å². The van der Waals surface area contributed by atoms with Crippen molar-refractivity contribution < 1.29 is 4.74 Å². The number of rotatable bonds is 2. The molecule has 21 heavy (non-hydrogen) atoms. The number of anilines is 2. The summed E-state index contributed by atoms with van der Waals surface area (Å²) < 4.78 is 5.57. The molecule has 3 heterocycles. The molecule has 2 fully saturated rings. The van der Waals surface area contributed by atoms with Crippen LogP contribution in [0, 0.1) is 0 Å². The number of likely N-dealkylation sites (tertiary alicyclic amines) is 1. The third-order valence-corrected chi connectivity index (χ3v) is 4.85. The first kappa shape index (κ1) is 12.6. The van der Waals surface area contributed by atoms with Crippen molar-refractivity contribution in [1.82, 2.24) is 14.9 Å². The molecule has 1 aromatic carbocycles. The second kappa shape index (κ2) is 4.46. The normalized spacial score (nSPS) is 25.0. The number of nitrogens with two attached hydrogens (primary N) is 1. The van der Waals surface area contributed by atoms with Gasteiger partial charge in [0.25, 0.3) is 0 Å². The fraction of sp³-hybridized carbons (Fsp3) is 0.467. The van der Waals surface area contributed by atoms with Crippen molar-refractivity contribution in [3.8, 4) is 5.75 Å². The molecule has 4 rings (SSSR count). The number of nitrogen functional groups attached to an aromatic ring is 1. The number of hydrogen-bond donors (Lipinski definition) is 1. The fourth-order valence-corrected chi connectivity index (χ4v) is 3.66. The third kappa shape index (κ3) is 1.68. The Morgan fingerprint density at radius 1 is 1.29 bits per heavy atom. The zero-order valence-corrected chi connectivity index (χ0v) is 12.3. The molecular weight excluding hydrogens is 266 g/mol. The maximum Gasteiger partial charge on any atom is 0.143 e. The maximum atomic E-state index is 6.12. The molecule has 2 aliphatic rings. The van der Waals surface area contributed by atoms with E-state index < -0.39 is 0 Å². The maximum absolute atomic E-state index is 6.12. The molecule has 1 aromatic heterocycles. The van der Waals surface area contributed by atoms with E-state index in [1.54, 1.807) is 7.11 Å². The van der Waals surface area contributed by atoms with Crippen LogP contribution in [0.1, 0.15) is 6.42 Å². The van der Waals surface area contributed by atoms with Gasteiger partial charge in [0.2, 0.25) is 0 Å². The van der Waals surface area contributed by atoms with Crippen LogP contribution in [0.15, 0.2) is 18.5 Å². The van der Waals surface area contributed by atoms with E-state index in [2.05, 4.69) is 26.8 Å². The Labute approximate surface area is 123 Å². The van der Waals surface area contributed by atoms with E-state index in [0.717, 1.165) is 35.4 Å². The van der Waals surface area contributed by atoms with Crippen molar-refractivity contribution in [3.05, 3.63) is 18.5 Å². The molecule has 0 bridgehead atoms. The smallest absolute Gasteiger partial charge is 0.143 e. The number of ether oxygens (including phenoxy) is 1. The molecule has 6 nitrogen and oxygen atoms in total. The minimum atomic E-state index is 0.517. The topological polar surface area (TPSA) is 67.5 Å². The van der Waals surface area contributed by atoms with E-state index >= 15 is 0 Å². The molecule has 0 radical (unpaired) electrons. The zero-order valence-electron chi connectivity index (χ0n) is 12.3. The summed E-state index contributed by atoms with van der Waals surface area (Å²) in [5.74, 6) is 1.36. The molecule has 0 spiro atoms. The first-order valence-corrected chi connectivity index (χ1v) is 7.24. The van der Waals surface area contributed by atoms with Gasteiger partial charge < -0.3 is 15.4 Å². The number of aromatic nitrogens is 2. The number of nitrogens with zero attached hydrogens (tertiary/aromatic N) is 4. The Bertz CT molecular complexity index is 704. The van der Waals surface area contributed by atoms with Crippen LogP contribution < -0.4 is 15.4 Å². The molecule has 2 aliphatic heterocycles. The predicted molar refractivity (Wildman–Crippen MR) is 82.7 cm³/mol. The molecule has 110 valence electrons. The molecule has 0 aliphatic carbocycles. The summed E-state index contributed by atoms with van der Waals surface area (Å²) in [7, 11) is 3.89. The third-order valence-electron chi connectivity index (χ3n) is 4.85. The van der Waals surface area contributed by atoms with E-state index in [1.165, 1.54) is 12.7 Å². The lowest BCUT2D eigenvalue weighted by atomic mass is 9.94. The lowest BCUT2D eigenvalue weighted by molar-refractivity contribution is 0.241. The van der Waals surface area contributed by atoms with Gasteiger partial charge in [-0.25, -0.2) is 9.97 Å². The summed E-state index contributed by atoms with van der Waals surface area (Å²) >= 11 is 0. The molecule has 6 heteroatoms. The highest BCUT2D eigenvalue weighted by Crippen LogP contribution is 2.44. The number of benzene rings is 1. The van der Waals surface area contributed by atoms with Gasteiger partial charge in [0.05, 0.1) is 23.7 Å². The minimum Gasteiger partial charge on any atom is -0.495 e. The van der Waals surface area contributed by atoms with Crippen LogP contribution in [0.5, 0.6) is 5.75 Å². The van der Waals surface area contributed by atoms with E-state index in [1.807, 2.05) is 12.1 Å². The second-order valence-electron chi connectivity index (χ2n) is 5.83. The minimum absolute atomic E-state index is 0.517.